The van der Waals surface area contributed by atoms with Crippen molar-refractivity contribution in [2.24, 2.45) is 11.1 Å². The number of aliphatic hydroxyl groups excluding tert-OH is 1. The van der Waals surface area contributed by atoms with Crippen LogP contribution in [0.3, 0.4) is 0 Å². The second-order valence-corrected chi connectivity index (χ2v) is 8.09. The van der Waals surface area contributed by atoms with E-state index >= 15 is 0 Å². The van der Waals surface area contributed by atoms with Gasteiger partial charge in [-0.05, 0) is 47.7 Å². The van der Waals surface area contributed by atoms with Gasteiger partial charge in [0, 0.05) is 25.4 Å². The van der Waals surface area contributed by atoms with Gasteiger partial charge in [-0.25, -0.2) is 18.7 Å². The molecule has 28 heavy (non-hydrogen) atoms. The van der Waals surface area contributed by atoms with E-state index in [0.29, 0.717) is 25.6 Å². The molecule has 154 valence electrons. The summed E-state index contributed by atoms with van der Waals surface area (Å²) in [6.45, 7) is 0.948. The highest BCUT2D eigenvalue weighted by Crippen LogP contribution is 2.43. The van der Waals surface area contributed by atoms with Gasteiger partial charge in [-0.3, -0.25) is 0 Å². The largest absolute Gasteiger partial charge is 0.417 e. The monoisotopic (exact) mass is 420 g/mol. The predicted molar refractivity (Wildman–Crippen MR) is 92.6 cm³/mol. The lowest BCUT2D eigenvalue weighted by atomic mass is 9.94. The van der Waals surface area contributed by atoms with Gasteiger partial charge in [0.25, 0.3) is 0 Å². The fourth-order valence-electron chi connectivity index (χ4n) is 3.55. The Balaban J connectivity index is 2.24. The Morgan fingerprint density at radius 1 is 1.36 bits per heavy atom. The number of rotatable bonds is 5. The summed E-state index contributed by atoms with van der Waals surface area (Å²) < 4.78 is 64.9. The van der Waals surface area contributed by atoms with Crippen LogP contribution in [0.1, 0.15) is 24.8 Å². The van der Waals surface area contributed by atoms with Gasteiger partial charge in [-0.1, -0.05) is 0 Å². The van der Waals surface area contributed by atoms with Crippen molar-refractivity contribution in [1.82, 2.24) is 20.6 Å². The van der Waals surface area contributed by atoms with Crippen LogP contribution in [0.15, 0.2) is 17.0 Å². The van der Waals surface area contributed by atoms with Crippen molar-refractivity contribution in [2.45, 2.75) is 30.3 Å². The molecule has 1 atom stereocenters. The van der Waals surface area contributed by atoms with Gasteiger partial charge < -0.3 is 10.0 Å². The number of tetrazole rings is 1. The Labute approximate surface area is 158 Å². The minimum atomic E-state index is -4.94. The zero-order valence-corrected chi connectivity index (χ0v) is 15.5. The highest BCUT2D eigenvalue weighted by Gasteiger charge is 2.40. The molecule has 1 saturated heterocycles. The lowest BCUT2D eigenvalue weighted by Crippen LogP contribution is -2.36. The summed E-state index contributed by atoms with van der Waals surface area (Å²) in [6, 6.07) is 1.91. The number of piperidine rings is 1. The molecule has 0 bridgehead atoms. The molecule has 1 fully saturated rings. The van der Waals surface area contributed by atoms with E-state index in [4.69, 9.17) is 5.14 Å². The van der Waals surface area contributed by atoms with Crippen LogP contribution in [0.4, 0.5) is 18.9 Å². The zero-order valence-electron chi connectivity index (χ0n) is 14.6. The molecule has 1 aromatic carbocycles. The summed E-state index contributed by atoms with van der Waals surface area (Å²) >= 11 is 0. The number of H-pyrrole nitrogens is 1. The van der Waals surface area contributed by atoms with Crippen LogP contribution in [-0.4, -0.2) is 53.8 Å². The number of nitrogens with one attached hydrogen (secondary N) is 1. The number of benzene rings is 1. The molecule has 2 heterocycles. The molecular formula is C15H19F3N6O3S. The molecule has 13 heteroatoms. The van der Waals surface area contributed by atoms with E-state index in [9.17, 15) is 26.7 Å². The van der Waals surface area contributed by atoms with Gasteiger partial charge in [-0.15, -0.1) is 5.10 Å². The first-order chi connectivity index (χ1) is 13.1. The van der Waals surface area contributed by atoms with E-state index in [-0.39, 0.29) is 29.6 Å². The minimum absolute atomic E-state index is 0.00711. The van der Waals surface area contributed by atoms with Gasteiger partial charge in [-0.2, -0.15) is 13.2 Å². The Kier molecular flexibility index (Phi) is 5.59. The third-order valence-electron chi connectivity index (χ3n) is 4.70. The van der Waals surface area contributed by atoms with E-state index in [0.717, 1.165) is 12.8 Å². The van der Waals surface area contributed by atoms with E-state index in [1.807, 2.05) is 0 Å². The third-order valence-corrected chi connectivity index (χ3v) is 5.70. The molecule has 0 saturated carbocycles. The number of anilines is 1. The maximum absolute atomic E-state index is 13.5. The molecule has 0 spiro atoms. The highest BCUT2D eigenvalue weighted by molar-refractivity contribution is 7.89. The van der Waals surface area contributed by atoms with Crippen molar-refractivity contribution in [2.75, 3.05) is 24.6 Å². The summed E-state index contributed by atoms with van der Waals surface area (Å²) in [5.41, 5.74) is -1.46. The molecule has 0 amide bonds. The second-order valence-electron chi connectivity index (χ2n) is 6.60. The van der Waals surface area contributed by atoms with Crippen LogP contribution >= 0.6 is 0 Å². The van der Waals surface area contributed by atoms with E-state index in [2.05, 4.69) is 20.6 Å². The van der Waals surface area contributed by atoms with Crippen molar-refractivity contribution in [3.05, 3.63) is 17.7 Å². The summed E-state index contributed by atoms with van der Waals surface area (Å²) in [5, 5.41) is 27.0. The molecule has 1 aromatic heterocycles. The molecule has 9 nitrogen and oxygen atoms in total. The smallest absolute Gasteiger partial charge is 0.396 e. The second kappa shape index (κ2) is 7.64. The molecule has 1 aliphatic heterocycles. The number of primary sulfonamides is 1. The number of nitrogens with two attached hydrogens (primary N) is 1. The normalized spacial score (nSPS) is 18.5. The van der Waals surface area contributed by atoms with Gasteiger partial charge in [0.1, 0.15) is 4.90 Å². The molecule has 0 aliphatic carbocycles. The first-order valence-corrected chi connectivity index (χ1v) is 10.0. The number of hydrogen-bond donors (Lipinski definition) is 3. The Hall–Kier alpha value is -2.25. The van der Waals surface area contributed by atoms with Crippen molar-refractivity contribution in [3.63, 3.8) is 0 Å². The molecule has 3 rings (SSSR count). The van der Waals surface area contributed by atoms with E-state index < -0.39 is 26.7 Å². The summed E-state index contributed by atoms with van der Waals surface area (Å²) in [6.07, 6.45) is -2.80. The average molecular weight is 420 g/mol. The van der Waals surface area contributed by atoms with Crippen LogP contribution in [-0.2, 0) is 16.2 Å². The van der Waals surface area contributed by atoms with Crippen LogP contribution in [0.25, 0.3) is 11.4 Å². The molecule has 2 aromatic rings. The zero-order chi connectivity index (χ0) is 20.5. The van der Waals surface area contributed by atoms with Crippen LogP contribution < -0.4 is 10.0 Å². The third kappa shape index (κ3) is 4.10. The quantitative estimate of drug-likeness (QED) is 0.659. The number of aromatic nitrogens is 4. The fourth-order valence-corrected chi connectivity index (χ4v) is 4.53. The van der Waals surface area contributed by atoms with Crippen molar-refractivity contribution in [1.29, 1.82) is 0 Å². The first kappa shape index (κ1) is 20.5. The first-order valence-electron chi connectivity index (χ1n) is 8.50. The van der Waals surface area contributed by atoms with Crippen LogP contribution in [0.2, 0.25) is 0 Å². The minimum Gasteiger partial charge on any atom is -0.396 e. The summed E-state index contributed by atoms with van der Waals surface area (Å²) in [5.74, 6) is -0.103. The Morgan fingerprint density at radius 3 is 2.68 bits per heavy atom. The van der Waals surface area contributed by atoms with Gasteiger partial charge >= 0.3 is 6.18 Å². The summed E-state index contributed by atoms with van der Waals surface area (Å²) in [4.78, 5) is 0.705. The molecule has 4 N–H and O–H groups in total. The number of aromatic amines is 1. The SMILES string of the molecule is NS(=O)(=O)c1c(C(F)(F)F)ccc(N2CCCC(CCO)C2)c1-c1nnn[nH]1. The van der Waals surface area contributed by atoms with Crippen molar-refractivity contribution >= 4 is 15.7 Å². The standard InChI is InChI=1S/C15H19F3N6O3S/c16-15(17,18)10-3-4-11(24-6-1-2-9(8-24)5-7-25)12(13(10)28(19,26)27)14-20-22-23-21-14/h3-4,9,25H,1-2,5-8H2,(H2,19,26,27)(H,20,21,22,23). The van der Waals surface area contributed by atoms with Gasteiger partial charge in [0.15, 0.2) is 5.82 Å². The molecule has 0 radical (unpaired) electrons. The van der Waals surface area contributed by atoms with Gasteiger partial charge in [0.05, 0.1) is 11.1 Å². The number of halogens is 3. The van der Waals surface area contributed by atoms with Crippen LogP contribution in [0, 0.1) is 5.92 Å². The van der Waals surface area contributed by atoms with Crippen molar-refractivity contribution in [3.8, 4) is 11.4 Å². The van der Waals surface area contributed by atoms with Crippen LogP contribution in [0.5, 0.6) is 0 Å². The average Bonchev–Trinajstić information content (AvgIpc) is 3.14. The number of aliphatic hydroxyl groups is 1. The maximum Gasteiger partial charge on any atom is 0.417 e. The molecule has 1 aliphatic rings. The highest BCUT2D eigenvalue weighted by atomic mass is 32.2. The van der Waals surface area contributed by atoms with E-state index in [1.54, 1.807) is 4.90 Å². The number of hydrogen-bond acceptors (Lipinski definition) is 7. The van der Waals surface area contributed by atoms with Crippen molar-refractivity contribution < 1.29 is 26.7 Å². The topological polar surface area (TPSA) is 138 Å². The summed E-state index contributed by atoms with van der Waals surface area (Å²) in [7, 11) is -4.76. The number of nitrogens with zero attached hydrogens (tertiary/aromatic N) is 4. The number of sulfonamides is 1. The maximum atomic E-state index is 13.5. The molecule has 1 unspecified atom stereocenters. The van der Waals surface area contributed by atoms with Gasteiger partial charge in [0.2, 0.25) is 10.0 Å². The van der Waals surface area contributed by atoms with E-state index in [1.165, 1.54) is 6.07 Å². The Bertz CT molecular complexity index is 931. The lowest BCUT2D eigenvalue weighted by molar-refractivity contribution is -0.139. The Morgan fingerprint density at radius 2 is 2.11 bits per heavy atom. The number of alkyl halides is 3. The molecular weight excluding hydrogens is 401 g/mol. The lowest BCUT2D eigenvalue weighted by Gasteiger charge is -2.35. The fraction of sp³-hybridized carbons (Fsp3) is 0.533. The predicted octanol–water partition coefficient (Wildman–Crippen LogP) is 1.13.